The van der Waals surface area contributed by atoms with E-state index in [1.54, 1.807) is 16.9 Å². The summed E-state index contributed by atoms with van der Waals surface area (Å²) in [6.07, 6.45) is 6.18. The summed E-state index contributed by atoms with van der Waals surface area (Å²) in [5, 5.41) is 4.11. The van der Waals surface area contributed by atoms with Crippen LogP contribution in [0.2, 0.25) is 0 Å². The predicted octanol–water partition coefficient (Wildman–Crippen LogP) is 1.49. The Morgan fingerprint density at radius 2 is 2.31 bits per heavy atom. The molecule has 2 aromatic heterocycles. The van der Waals surface area contributed by atoms with Crippen molar-refractivity contribution in [1.29, 1.82) is 0 Å². The minimum atomic E-state index is -0.497. The third-order valence-electron chi connectivity index (χ3n) is 2.48. The molecule has 1 atom stereocenters. The molecule has 4 nitrogen and oxygen atoms in total. The summed E-state index contributed by atoms with van der Waals surface area (Å²) in [6.45, 7) is 2.75. The van der Waals surface area contributed by atoms with Gasteiger partial charge >= 0.3 is 0 Å². The minimum Gasteiger partial charge on any atom is -0.320 e. The van der Waals surface area contributed by atoms with E-state index in [1.807, 2.05) is 13.1 Å². The van der Waals surface area contributed by atoms with E-state index in [9.17, 15) is 4.39 Å². The van der Waals surface area contributed by atoms with E-state index in [1.165, 1.54) is 12.4 Å². The van der Waals surface area contributed by atoms with E-state index in [-0.39, 0.29) is 5.82 Å². The predicted molar refractivity (Wildman–Crippen MR) is 58.1 cm³/mol. The smallest absolute Gasteiger partial charge is 0.146 e. The lowest BCUT2D eigenvalue weighted by molar-refractivity contribution is 0.593. The van der Waals surface area contributed by atoms with Crippen molar-refractivity contribution in [3.8, 4) is 0 Å². The van der Waals surface area contributed by atoms with Crippen LogP contribution in [0.1, 0.15) is 24.1 Å². The number of nitrogens with zero attached hydrogens (tertiary/aromatic N) is 3. The Hall–Kier alpha value is -1.75. The highest BCUT2D eigenvalue weighted by Gasteiger charge is 2.14. The molecule has 2 rings (SSSR count). The molecule has 84 valence electrons. The van der Waals surface area contributed by atoms with Crippen molar-refractivity contribution < 1.29 is 4.39 Å². The Morgan fingerprint density at radius 1 is 1.50 bits per heavy atom. The highest BCUT2D eigenvalue weighted by atomic mass is 19.1. The van der Waals surface area contributed by atoms with Crippen molar-refractivity contribution in [2.45, 2.75) is 19.5 Å². The molecule has 0 saturated carbocycles. The van der Waals surface area contributed by atoms with Crippen LogP contribution in [-0.4, -0.2) is 14.8 Å². The maximum atomic E-state index is 13.4. The van der Waals surface area contributed by atoms with E-state index in [4.69, 9.17) is 5.73 Å². The van der Waals surface area contributed by atoms with Gasteiger partial charge in [-0.05, 0) is 13.0 Å². The molecular formula is C11H13FN4. The van der Waals surface area contributed by atoms with Crippen molar-refractivity contribution in [3.63, 3.8) is 0 Å². The van der Waals surface area contributed by atoms with E-state index in [0.717, 1.165) is 12.1 Å². The van der Waals surface area contributed by atoms with Crippen molar-refractivity contribution >= 4 is 0 Å². The molecule has 0 aliphatic rings. The van der Waals surface area contributed by atoms with Gasteiger partial charge < -0.3 is 5.73 Å². The molecule has 1 unspecified atom stereocenters. The number of nitrogens with two attached hydrogens (primary N) is 1. The van der Waals surface area contributed by atoms with E-state index in [0.29, 0.717) is 5.56 Å². The molecule has 0 amide bonds. The van der Waals surface area contributed by atoms with Crippen LogP contribution < -0.4 is 5.73 Å². The van der Waals surface area contributed by atoms with Crippen molar-refractivity contribution in [2.24, 2.45) is 5.73 Å². The van der Waals surface area contributed by atoms with Gasteiger partial charge in [0.05, 0.1) is 18.4 Å². The van der Waals surface area contributed by atoms with Gasteiger partial charge in [-0.1, -0.05) is 0 Å². The number of aromatic nitrogens is 3. The van der Waals surface area contributed by atoms with Gasteiger partial charge in [0.2, 0.25) is 0 Å². The highest BCUT2D eigenvalue weighted by molar-refractivity contribution is 5.27. The SMILES string of the molecule is CCn1cc(C(N)c2ccncc2F)cn1. The van der Waals surface area contributed by atoms with Crippen molar-refractivity contribution in [3.05, 3.63) is 47.8 Å². The Morgan fingerprint density at radius 3 is 2.94 bits per heavy atom. The largest absolute Gasteiger partial charge is 0.320 e. The average Bonchev–Trinajstić information content (AvgIpc) is 2.77. The zero-order valence-electron chi connectivity index (χ0n) is 8.97. The summed E-state index contributed by atoms with van der Waals surface area (Å²) < 4.78 is 15.2. The van der Waals surface area contributed by atoms with Crippen LogP contribution in [0.4, 0.5) is 4.39 Å². The number of pyridine rings is 1. The summed E-state index contributed by atoms with van der Waals surface area (Å²) >= 11 is 0. The Labute approximate surface area is 92.9 Å². The van der Waals surface area contributed by atoms with Crippen LogP contribution in [0, 0.1) is 5.82 Å². The van der Waals surface area contributed by atoms with Gasteiger partial charge in [-0.25, -0.2) is 4.39 Å². The summed E-state index contributed by atoms with van der Waals surface area (Å²) in [5.41, 5.74) is 7.20. The number of halogens is 1. The highest BCUT2D eigenvalue weighted by Crippen LogP contribution is 2.20. The fourth-order valence-corrected chi connectivity index (χ4v) is 1.53. The van der Waals surface area contributed by atoms with E-state index >= 15 is 0 Å². The van der Waals surface area contributed by atoms with Crippen LogP contribution in [0.15, 0.2) is 30.9 Å². The van der Waals surface area contributed by atoms with E-state index in [2.05, 4.69) is 10.1 Å². The molecule has 0 aromatic carbocycles. The molecule has 0 saturated heterocycles. The summed E-state index contributed by atoms with van der Waals surface area (Å²) in [6, 6.07) is 1.09. The third kappa shape index (κ3) is 1.94. The first-order chi connectivity index (χ1) is 7.72. The first kappa shape index (κ1) is 10.8. The molecule has 2 N–H and O–H groups in total. The van der Waals surface area contributed by atoms with Gasteiger partial charge in [0.15, 0.2) is 0 Å². The average molecular weight is 220 g/mol. The third-order valence-corrected chi connectivity index (χ3v) is 2.48. The topological polar surface area (TPSA) is 56.7 Å². The molecule has 0 aliphatic heterocycles. The molecule has 2 heterocycles. The van der Waals surface area contributed by atoms with Gasteiger partial charge in [-0.15, -0.1) is 0 Å². The van der Waals surface area contributed by atoms with Gasteiger partial charge in [-0.3, -0.25) is 9.67 Å². The number of hydrogen-bond donors (Lipinski definition) is 1. The first-order valence-corrected chi connectivity index (χ1v) is 5.09. The fraction of sp³-hybridized carbons (Fsp3) is 0.273. The maximum absolute atomic E-state index is 13.4. The molecule has 0 spiro atoms. The summed E-state index contributed by atoms with van der Waals surface area (Å²) in [4.78, 5) is 3.69. The van der Waals surface area contributed by atoms with Crippen LogP contribution >= 0.6 is 0 Å². The lowest BCUT2D eigenvalue weighted by Gasteiger charge is -2.09. The number of hydrogen-bond acceptors (Lipinski definition) is 3. The van der Waals surface area contributed by atoms with Crippen LogP contribution in [0.5, 0.6) is 0 Å². The Balaban J connectivity index is 2.31. The zero-order valence-corrected chi connectivity index (χ0v) is 8.97. The molecule has 16 heavy (non-hydrogen) atoms. The fourth-order valence-electron chi connectivity index (χ4n) is 1.53. The second-order valence-electron chi connectivity index (χ2n) is 3.50. The lowest BCUT2D eigenvalue weighted by atomic mass is 10.0. The summed E-state index contributed by atoms with van der Waals surface area (Å²) in [5.74, 6) is -0.390. The quantitative estimate of drug-likeness (QED) is 0.852. The minimum absolute atomic E-state index is 0.390. The van der Waals surface area contributed by atoms with Crippen molar-refractivity contribution in [2.75, 3.05) is 0 Å². The Bertz CT molecular complexity index is 480. The van der Waals surface area contributed by atoms with Gasteiger partial charge in [0.1, 0.15) is 5.82 Å². The van der Waals surface area contributed by atoms with Gasteiger partial charge in [0, 0.05) is 30.1 Å². The van der Waals surface area contributed by atoms with Crippen LogP contribution in [0.25, 0.3) is 0 Å². The lowest BCUT2D eigenvalue weighted by Crippen LogP contribution is -2.13. The first-order valence-electron chi connectivity index (χ1n) is 5.09. The van der Waals surface area contributed by atoms with Gasteiger partial charge in [-0.2, -0.15) is 5.10 Å². The van der Waals surface area contributed by atoms with Gasteiger partial charge in [0.25, 0.3) is 0 Å². The standard InChI is InChI=1S/C11H13FN4/c1-2-16-7-8(5-15-16)11(13)9-3-4-14-6-10(9)12/h3-7,11H,2,13H2,1H3. The molecule has 0 fully saturated rings. The maximum Gasteiger partial charge on any atom is 0.146 e. The molecule has 0 bridgehead atoms. The number of rotatable bonds is 3. The molecular weight excluding hydrogens is 207 g/mol. The van der Waals surface area contributed by atoms with E-state index < -0.39 is 6.04 Å². The second kappa shape index (κ2) is 4.40. The molecule has 5 heteroatoms. The zero-order chi connectivity index (χ0) is 11.5. The Kier molecular flexibility index (Phi) is 2.96. The molecule has 0 aliphatic carbocycles. The van der Waals surface area contributed by atoms with Crippen molar-refractivity contribution in [1.82, 2.24) is 14.8 Å². The summed E-state index contributed by atoms with van der Waals surface area (Å²) in [7, 11) is 0. The molecule has 0 radical (unpaired) electrons. The monoisotopic (exact) mass is 220 g/mol. The normalized spacial score (nSPS) is 12.7. The number of aryl methyl sites for hydroxylation is 1. The van der Waals surface area contributed by atoms with Crippen LogP contribution in [-0.2, 0) is 6.54 Å². The second-order valence-corrected chi connectivity index (χ2v) is 3.50. The molecule has 2 aromatic rings. The van der Waals surface area contributed by atoms with Crippen LogP contribution in [0.3, 0.4) is 0 Å².